The van der Waals surface area contributed by atoms with Gasteiger partial charge in [0.2, 0.25) is 5.78 Å². The molecule has 220 valence electrons. The number of rotatable bonds is 7. The number of hydrogen-bond donors (Lipinski definition) is 6. The first-order chi connectivity index (χ1) is 19.5. The molecule has 0 radical (unpaired) electrons. The van der Waals surface area contributed by atoms with Crippen molar-refractivity contribution < 1.29 is 54.1 Å². The molecule has 7 N–H and O–H groups in total. The highest BCUT2D eigenvalue weighted by molar-refractivity contribution is 6.31. The lowest BCUT2D eigenvalue weighted by Gasteiger charge is -2.40. The van der Waals surface area contributed by atoms with Crippen molar-refractivity contribution in [2.24, 2.45) is 11.7 Å². The normalized spacial score (nSPS) is 28.0. The number of hydrogen-bond acceptors (Lipinski definition) is 12. The number of phenols is 2. The number of nitrogens with two attached hydrogens (primary N) is 1. The molecule has 2 aromatic rings. The van der Waals surface area contributed by atoms with E-state index in [4.69, 9.17) is 19.9 Å². The fourth-order valence-electron chi connectivity index (χ4n) is 6.11. The Kier molecular flexibility index (Phi) is 7.90. The molecule has 0 aromatic heterocycles. The zero-order valence-electron chi connectivity index (χ0n) is 22.6. The van der Waals surface area contributed by atoms with Crippen molar-refractivity contribution in [3.8, 4) is 17.2 Å². The number of carbonyl (C=O) groups excluding carboxylic acids is 3. The van der Waals surface area contributed by atoms with Crippen LogP contribution in [-0.4, -0.2) is 87.2 Å². The van der Waals surface area contributed by atoms with Gasteiger partial charge in [-0.3, -0.25) is 14.4 Å². The molecule has 12 heteroatoms. The summed E-state index contributed by atoms with van der Waals surface area (Å²) in [5.74, 6) is -4.02. The maximum absolute atomic E-state index is 13.7. The Morgan fingerprint density at radius 1 is 1.12 bits per heavy atom. The van der Waals surface area contributed by atoms with Crippen molar-refractivity contribution in [2.75, 3.05) is 13.7 Å². The summed E-state index contributed by atoms with van der Waals surface area (Å²) in [6.07, 6.45) is -5.61. The van der Waals surface area contributed by atoms with Gasteiger partial charge in [0.1, 0.15) is 23.4 Å². The van der Waals surface area contributed by atoms with Gasteiger partial charge in [-0.05, 0) is 25.8 Å². The summed E-state index contributed by atoms with van der Waals surface area (Å²) in [7, 11) is 1.34. The first-order valence-electron chi connectivity index (χ1n) is 13.4. The van der Waals surface area contributed by atoms with Gasteiger partial charge in [0.25, 0.3) is 0 Å². The van der Waals surface area contributed by atoms with E-state index in [1.807, 2.05) is 0 Å². The van der Waals surface area contributed by atoms with E-state index >= 15 is 0 Å². The minimum atomic E-state index is -1.49. The lowest BCUT2D eigenvalue weighted by atomic mass is 9.73. The summed E-state index contributed by atoms with van der Waals surface area (Å²) in [5.41, 5.74) is 5.21. The molecule has 5 rings (SSSR count). The monoisotopic (exact) mass is 571 g/mol. The van der Waals surface area contributed by atoms with Crippen molar-refractivity contribution in [2.45, 2.75) is 69.4 Å². The van der Waals surface area contributed by atoms with Crippen LogP contribution in [0.2, 0.25) is 0 Å². The van der Waals surface area contributed by atoms with E-state index in [2.05, 4.69) is 0 Å². The fraction of sp³-hybridized carbons (Fsp3) is 0.483. The molecule has 0 bridgehead atoms. The third kappa shape index (κ3) is 4.80. The number of aromatic hydroxyl groups is 2. The van der Waals surface area contributed by atoms with Crippen LogP contribution in [0.25, 0.3) is 0 Å². The summed E-state index contributed by atoms with van der Waals surface area (Å²) in [5, 5.41) is 52.8. The van der Waals surface area contributed by atoms with Crippen LogP contribution in [0.1, 0.15) is 75.3 Å². The minimum absolute atomic E-state index is 0.0109. The summed E-state index contributed by atoms with van der Waals surface area (Å²) in [4.78, 5) is 40.4. The average Bonchev–Trinajstić information content (AvgIpc) is 2.95. The van der Waals surface area contributed by atoms with Crippen LogP contribution in [0, 0.1) is 5.92 Å². The molecule has 2 aliphatic carbocycles. The van der Waals surface area contributed by atoms with E-state index in [-0.39, 0.29) is 53.7 Å². The summed E-state index contributed by atoms with van der Waals surface area (Å²) >= 11 is 0. The van der Waals surface area contributed by atoms with Crippen molar-refractivity contribution >= 4 is 17.3 Å². The molecule has 1 heterocycles. The molecule has 7 atom stereocenters. The van der Waals surface area contributed by atoms with E-state index in [1.54, 1.807) is 6.92 Å². The Morgan fingerprint density at radius 2 is 1.83 bits per heavy atom. The van der Waals surface area contributed by atoms with E-state index in [0.717, 1.165) is 0 Å². The molecule has 0 spiro atoms. The maximum Gasteiger partial charge on any atom is 0.202 e. The number of aliphatic hydroxyl groups is 3. The van der Waals surface area contributed by atoms with Crippen molar-refractivity contribution in [3.05, 3.63) is 51.6 Å². The highest BCUT2D eigenvalue weighted by Crippen LogP contribution is 2.51. The first-order valence-corrected chi connectivity index (χ1v) is 13.4. The molecule has 41 heavy (non-hydrogen) atoms. The zero-order chi connectivity index (χ0) is 29.7. The maximum atomic E-state index is 13.7. The SMILES string of the molecule is COc1cccc2c1C(=O)c1c(O)c3c(c(O)c1C2=O)CC(C(=O)[C@@H](O)CCO)C[C@@H]3O[C@H]1C[C@H](N)[C@H](O)[C@H](C)O1. The number of benzene rings is 2. The topological polar surface area (TPSA) is 206 Å². The average molecular weight is 572 g/mol. The molecular weight excluding hydrogens is 538 g/mol. The number of fused-ring (bicyclic) bond motifs is 3. The number of ketones is 3. The van der Waals surface area contributed by atoms with Crippen LogP contribution in [0.15, 0.2) is 18.2 Å². The Hall–Kier alpha value is -3.39. The van der Waals surface area contributed by atoms with Crippen LogP contribution in [0.3, 0.4) is 0 Å². The third-order valence-corrected chi connectivity index (χ3v) is 8.23. The molecule has 1 unspecified atom stereocenters. The molecule has 0 amide bonds. The number of carbonyl (C=O) groups is 3. The van der Waals surface area contributed by atoms with Crippen LogP contribution >= 0.6 is 0 Å². The first kappa shape index (κ1) is 29.1. The van der Waals surface area contributed by atoms with E-state index < -0.39 is 89.2 Å². The second-order valence-corrected chi connectivity index (χ2v) is 10.7. The van der Waals surface area contributed by atoms with Crippen LogP contribution in [-0.2, 0) is 20.7 Å². The molecular formula is C29H33NO11. The third-order valence-electron chi connectivity index (χ3n) is 8.23. The quantitative estimate of drug-likeness (QED) is 0.216. The van der Waals surface area contributed by atoms with Gasteiger partial charge < -0.3 is 45.5 Å². The van der Waals surface area contributed by atoms with Gasteiger partial charge in [0.15, 0.2) is 17.9 Å². The summed E-state index contributed by atoms with van der Waals surface area (Å²) < 4.78 is 17.2. The second kappa shape index (κ2) is 11.1. The molecule has 1 saturated heterocycles. The smallest absolute Gasteiger partial charge is 0.202 e. The zero-order valence-corrected chi connectivity index (χ0v) is 22.6. The number of phenolic OH excluding ortho intramolecular Hbond substituents is 2. The standard InChI is InChI=1S/C29H33NO11/c1-11-24(33)15(30)10-19(40-11)41-18-9-12(25(34)16(32)6-7-31)8-14-21(18)29(38)23-22(27(14)36)26(35)13-4-3-5-17(39-2)20(13)28(23)37/h3-5,11-12,15-16,18-19,24,31-33,36,38H,6-10,30H2,1-2H3/t11-,12?,15-,16-,18-,19-,24+/m0/s1. The molecule has 1 aliphatic heterocycles. The molecule has 12 nitrogen and oxygen atoms in total. The summed E-state index contributed by atoms with van der Waals surface area (Å²) in [6.45, 7) is 1.18. The van der Waals surface area contributed by atoms with Gasteiger partial charge in [-0.25, -0.2) is 0 Å². The molecule has 2 aromatic carbocycles. The Bertz CT molecular complexity index is 1390. The van der Waals surface area contributed by atoms with E-state index in [1.165, 1.54) is 25.3 Å². The van der Waals surface area contributed by atoms with Crippen LogP contribution in [0.4, 0.5) is 0 Å². The largest absolute Gasteiger partial charge is 0.507 e. The van der Waals surface area contributed by atoms with Gasteiger partial charge in [-0.15, -0.1) is 0 Å². The Labute approximate surface area is 235 Å². The molecule has 1 fully saturated rings. The number of Topliss-reactive ketones (excluding diaryl/α,β-unsaturated/α-hetero) is 1. The second-order valence-electron chi connectivity index (χ2n) is 10.7. The van der Waals surface area contributed by atoms with Crippen LogP contribution in [0.5, 0.6) is 17.2 Å². The number of ether oxygens (including phenoxy) is 3. The van der Waals surface area contributed by atoms with Gasteiger partial charge >= 0.3 is 0 Å². The van der Waals surface area contributed by atoms with Crippen molar-refractivity contribution in [1.82, 2.24) is 0 Å². The lowest BCUT2D eigenvalue weighted by molar-refractivity contribution is -0.243. The van der Waals surface area contributed by atoms with E-state index in [0.29, 0.717) is 0 Å². The van der Waals surface area contributed by atoms with Gasteiger partial charge in [-0.1, -0.05) is 12.1 Å². The van der Waals surface area contributed by atoms with Crippen molar-refractivity contribution in [3.63, 3.8) is 0 Å². The van der Waals surface area contributed by atoms with Gasteiger partial charge in [0.05, 0.1) is 42.1 Å². The summed E-state index contributed by atoms with van der Waals surface area (Å²) in [6, 6.07) is 3.75. The predicted octanol–water partition coefficient (Wildman–Crippen LogP) is 0.637. The Balaban J connectivity index is 1.64. The van der Waals surface area contributed by atoms with Crippen molar-refractivity contribution in [1.29, 1.82) is 0 Å². The highest BCUT2D eigenvalue weighted by atomic mass is 16.7. The highest BCUT2D eigenvalue weighted by Gasteiger charge is 2.45. The van der Waals surface area contributed by atoms with Gasteiger partial charge in [0, 0.05) is 48.1 Å². The number of aliphatic hydroxyl groups excluding tert-OH is 3. The Morgan fingerprint density at radius 3 is 2.49 bits per heavy atom. The fourth-order valence-corrected chi connectivity index (χ4v) is 6.11. The van der Waals surface area contributed by atoms with E-state index in [9.17, 15) is 39.9 Å². The minimum Gasteiger partial charge on any atom is -0.507 e. The number of methoxy groups -OCH3 is 1. The van der Waals surface area contributed by atoms with Gasteiger partial charge in [-0.2, -0.15) is 0 Å². The molecule has 0 saturated carbocycles. The van der Waals surface area contributed by atoms with Crippen LogP contribution < -0.4 is 10.5 Å². The lowest BCUT2D eigenvalue weighted by Crippen LogP contribution is -2.52. The predicted molar refractivity (Wildman–Crippen MR) is 141 cm³/mol. The molecule has 3 aliphatic rings.